The summed E-state index contributed by atoms with van der Waals surface area (Å²) in [6, 6.07) is 0. The van der Waals surface area contributed by atoms with Crippen molar-refractivity contribution in [3.63, 3.8) is 0 Å². The van der Waals surface area contributed by atoms with Crippen LogP contribution in [0.15, 0.2) is 0 Å². The van der Waals surface area contributed by atoms with Gasteiger partial charge in [0.1, 0.15) is 0 Å². The van der Waals surface area contributed by atoms with E-state index in [1.54, 1.807) is 0 Å². The molecule has 0 saturated carbocycles. The number of carbonyl (C=O) groups excluding carboxylic acids is 2. The average molecular weight is 202 g/mol. The number of aliphatic carboxylic acids is 2. The van der Waals surface area contributed by atoms with Crippen molar-refractivity contribution < 1.29 is 40.9 Å². The van der Waals surface area contributed by atoms with E-state index in [0.717, 1.165) is 0 Å². The number of carbonyl (C=O) groups is 2. The molecule has 0 rings (SSSR count). The zero-order chi connectivity index (χ0) is 5.15. The normalized spacial score (nSPS) is 5.50. The minimum atomic E-state index is -2.19. The minimum absolute atomic E-state index is 0. The van der Waals surface area contributed by atoms with Crippen LogP contribution in [0.2, 0.25) is 0 Å². The molecule has 0 amide bonds. The summed E-state index contributed by atoms with van der Waals surface area (Å²) in [6.07, 6.45) is 0. The molecule has 0 spiro atoms. The quantitative estimate of drug-likeness (QED) is 0.329. The van der Waals surface area contributed by atoms with Gasteiger partial charge in [0.2, 0.25) is 0 Å². The Morgan fingerprint density at radius 1 is 1.00 bits per heavy atom. The second-order valence-corrected chi connectivity index (χ2v) is 0.575. The number of hydrogen-bond acceptors (Lipinski definition) is 4. The molecule has 0 unspecified atom stereocenters. The first-order valence-corrected chi connectivity index (χ1v) is 1.07. The maximum atomic E-state index is 8.93. The first kappa shape index (κ1) is 15.6. The minimum Gasteiger partial charge on any atom is -0.543 e. The van der Waals surface area contributed by atoms with Gasteiger partial charge >= 0.3 is 0 Å². The Hall–Kier alpha value is -0.412. The fourth-order valence-electron chi connectivity index (χ4n) is 0. The Bertz CT molecular complexity index is 80.0. The third kappa shape index (κ3) is 9.14. The van der Waals surface area contributed by atoms with Gasteiger partial charge in [-0.15, -0.1) is 0 Å². The Morgan fingerprint density at radius 3 is 1.12 bits per heavy atom. The van der Waals surface area contributed by atoms with Crippen LogP contribution in [0.4, 0.5) is 0 Å². The van der Waals surface area contributed by atoms with Gasteiger partial charge in [0.05, 0.1) is 11.9 Å². The summed E-state index contributed by atoms with van der Waals surface area (Å²) in [5.41, 5.74) is 0. The molecule has 48 valence electrons. The van der Waals surface area contributed by atoms with Crippen LogP contribution >= 0.6 is 0 Å². The van der Waals surface area contributed by atoms with Crippen LogP contribution in [-0.4, -0.2) is 11.9 Å². The number of carboxylic acid groups (broad SMARTS) is 2. The molecule has 0 aromatic heterocycles. The third-order valence-electron chi connectivity index (χ3n) is 0.167. The summed E-state index contributed by atoms with van der Waals surface area (Å²) < 4.78 is 0. The molecule has 5 nitrogen and oxygen atoms in total. The molecule has 6 heteroatoms. The van der Waals surface area contributed by atoms with Crippen molar-refractivity contribution in [2.24, 2.45) is 0 Å². The number of rotatable bonds is 0. The first-order valence-electron chi connectivity index (χ1n) is 1.07. The van der Waals surface area contributed by atoms with Crippen LogP contribution in [-0.2, 0) is 30.7 Å². The molecule has 0 aliphatic carbocycles. The fourth-order valence-corrected chi connectivity index (χ4v) is 0. The van der Waals surface area contributed by atoms with E-state index < -0.39 is 11.9 Å². The van der Waals surface area contributed by atoms with Crippen molar-refractivity contribution in [1.29, 1.82) is 0 Å². The van der Waals surface area contributed by atoms with Crippen LogP contribution in [0.5, 0.6) is 0 Å². The molecule has 0 bridgehead atoms. The van der Waals surface area contributed by atoms with Crippen molar-refractivity contribution in [2.75, 3.05) is 0 Å². The van der Waals surface area contributed by atoms with Crippen molar-refractivity contribution in [2.45, 2.75) is 0 Å². The van der Waals surface area contributed by atoms with E-state index in [4.69, 9.17) is 19.8 Å². The molecule has 0 heterocycles. The zero-order valence-electron chi connectivity index (χ0n) is 4.04. The van der Waals surface area contributed by atoms with E-state index in [9.17, 15) is 0 Å². The van der Waals surface area contributed by atoms with Crippen molar-refractivity contribution in [3.05, 3.63) is 0 Å². The molecular weight excluding hydrogens is 198 g/mol. The van der Waals surface area contributed by atoms with Gasteiger partial charge in [-0.3, -0.25) is 0 Å². The molecule has 0 atom stereocenters. The van der Waals surface area contributed by atoms with E-state index in [-0.39, 0.29) is 27.2 Å². The fraction of sp³-hybridized carbons (Fsp3) is 0. The van der Waals surface area contributed by atoms with Gasteiger partial charge in [-0.05, 0) is 0 Å². The summed E-state index contributed by atoms with van der Waals surface area (Å²) >= 11 is 0. The van der Waals surface area contributed by atoms with Crippen LogP contribution in [0.25, 0.3) is 0 Å². The predicted molar refractivity (Wildman–Crippen MR) is 16.0 cm³/mol. The molecule has 0 saturated heterocycles. The number of hydrogen-bond donors (Lipinski definition) is 1. The molecule has 4 N–H and O–H groups in total. The first-order chi connectivity index (χ1) is 2.64. The largest absolute Gasteiger partial charge is 0.543 e. The molecule has 0 aromatic carbocycles. The molecule has 0 fully saturated rings. The predicted octanol–water partition coefficient (Wildman–Crippen LogP) is -3.14. The van der Waals surface area contributed by atoms with Crippen molar-refractivity contribution in [3.8, 4) is 0 Å². The second kappa shape index (κ2) is 6.59. The number of quaternary nitrogens is 1. The van der Waals surface area contributed by atoms with Crippen LogP contribution in [0.3, 0.4) is 0 Å². The third-order valence-corrected chi connectivity index (χ3v) is 0.167. The van der Waals surface area contributed by atoms with E-state index in [1.807, 2.05) is 0 Å². The van der Waals surface area contributed by atoms with Gasteiger partial charge in [0.25, 0.3) is 0 Å². The Morgan fingerprint density at radius 2 is 1.12 bits per heavy atom. The molecule has 0 radical (unpaired) electrons. The summed E-state index contributed by atoms with van der Waals surface area (Å²) in [5.74, 6) is -4.37. The van der Waals surface area contributed by atoms with Gasteiger partial charge in [0.15, 0.2) is 0 Å². The molecule has 0 aromatic rings. The monoisotopic (exact) mass is 204 g/mol. The molecule has 0 aliphatic heterocycles. The van der Waals surface area contributed by atoms with E-state index in [2.05, 4.69) is 0 Å². The summed E-state index contributed by atoms with van der Waals surface area (Å²) in [7, 11) is 0. The van der Waals surface area contributed by atoms with Gasteiger partial charge in [0, 0.05) is 21.1 Å². The van der Waals surface area contributed by atoms with Gasteiger partial charge < -0.3 is 26.0 Å². The summed E-state index contributed by atoms with van der Waals surface area (Å²) in [6.45, 7) is 0. The van der Waals surface area contributed by atoms with E-state index in [1.165, 1.54) is 0 Å². The average Bonchev–Trinajstić information content (AvgIpc) is 1.36. The molecule has 8 heavy (non-hydrogen) atoms. The van der Waals surface area contributed by atoms with Crippen LogP contribution in [0.1, 0.15) is 0 Å². The van der Waals surface area contributed by atoms with Gasteiger partial charge in [-0.1, -0.05) is 0 Å². The number of carboxylic acids is 2. The smallest absolute Gasteiger partial charge is 0.0870 e. The van der Waals surface area contributed by atoms with Crippen molar-refractivity contribution >= 4 is 11.9 Å². The SMILES string of the molecule is O=C([O-])C(=O)[O-].[Mo].[NH4+]. The van der Waals surface area contributed by atoms with E-state index in [0.29, 0.717) is 0 Å². The van der Waals surface area contributed by atoms with E-state index >= 15 is 0 Å². The second-order valence-electron chi connectivity index (χ2n) is 0.575. The molecule has 0 aliphatic rings. The Labute approximate surface area is 59.5 Å². The Balaban J connectivity index is -0.000000125. The van der Waals surface area contributed by atoms with Crippen LogP contribution in [0, 0.1) is 0 Å². The van der Waals surface area contributed by atoms with Crippen molar-refractivity contribution in [1.82, 2.24) is 6.15 Å². The Kier molecular flexibility index (Phi) is 12.9. The topological polar surface area (TPSA) is 117 Å². The van der Waals surface area contributed by atoms with Crippen LogP contribution < -0.4 is 16.4 Å². The molecular formula is C2H4MoNO4-. The van der Waals surface area contributed by atoms with Gasteiger partial charge in [-0.25, -0.2) is 0 Å². The standard InChI is InChI=1S/C2H2O4.Mo.H3N/c3-1(4)2(5)6;;/h(H,3,4)(H,5,6);;1H3/p-1. The van der Waals surface area contributed by atoms with Gasteiger partial charge in [-0.2, -0.15) is 0 Å². The maximum absolute atomic E-state index is 8.93. The summed E-state index contributed by atoms with van der Waals surface area (Å²) in [4.78, 5) is 17.9. The zero-order valence-corrected chi connectivity index (χ0v) is 6.05. The summed E-state index contributed by atoms with van der Waals surface area (Å²) in [5, 5.41) is 17.9. The maximum Gasteiger partial charge on any atom is 0.0870 e.